The number of likely N-dealkylation sites (tertiary alicyclic amines) is 1. The Kier molecular flexibility index (Phi) is 5.75. The van der Waals surface area contributed by atoms with E-state index in [1.165, 1.54) is 24.9 Å². The van der Waals surface area contributed by atoms with E-state index in [9.17, 15) is 4.39 Å². The van der Waals surface area contributed by atoms with Gasteiger partial charge in [-0.15, -0.1) is 0 Å². The Bertz CT molecular complexity index is 1140. The number of methoxy groups -OCH3 is 1. The summed E-state index contributed by atoms with van der Waals surface area (Å²) in [7, 11) is 1.61. The van der Waals surface area contributed by atoms with Gasteiger partial charge < -0.3 is 19.5 Å². The summed E-state index contributed by atoms with van der Waals surface area (Å²) in [6.45, 7) is 5.27. The summed E-state index contributed by atoms with van der Waals surface area (Å²) in [5.74, 6) is 1.32. The van der Waals surface area contributed by atoms with E-state index >= 15 is 0 Å². The maximum atomic E-state index is 13.5. The van der Waals surface area contributed by atoms with Crippen molar-refractivity contribution in [1.29, 1.82) is 0 Å². The molecule has 1 aromatic heterocycles. The van der Waals surface area contributed by atoms with Gasteiger partial charge in [0.1, 0.15) is 24.6 Å². The van der Waals surface area contributed by atoms with Crippen molar-refractivity contribution in [3.05, 3.63) is 47.5 Å². The Morgan fingerprint density at radius 1 is 1.22 bits per heavy atom. The van der Waals surface area contributed by atoms with Crippen molar-refractivity contribution >= 4 is 34.0 Å². The number of hydrogen-bond donors (Lipinski definition) is 1. The van der Waals surface area contributed by atoms with Crippen LogP contribution in [-0.4, -0.2) is 61.4 Å². The molecule has 32 heavy (non-hydrogen) atoms. The van der Waals surface area contributed by atoms with Gasteiger partial charge in [-0.05, 0) is 37.2 Å². The standard InChI is InChI=1S/C23H24ClFN4O3/c1-30-20-10-19-16(22(27-14-26-19)28-15-2-3-18(25)17(24)8-15)9-21(20)32-7-6-29-5-4-23(11-29)12-31-13-23/h2-3,8-10,14H,4-7,11-13H2,1H3,(H,26,27,28). The lowest BCUT2D eigenvalue weighted by atomic mass is 9.85. The van der Waals surface area contributed by atoms with Gasteiger partial charge in [-0.2, -0.15) is 0 Å². The van der Waals surface area contributed by atoms with E-state index < -0.39 is 5.82 Å². The zero-order valence-electron chi connectivity index (χ0n) is 17.7. The average molecular weight is 459 g/mol. The minimum absolute atomic E-state index is 0.0382. The van der Waals surface area contributed by atoms with Crippen LogP contribution in [0, 0.1) is 11.2 Å². The van der Waals surface area contributed by atoms with Crippen molar-refractivity contribution < 1.29 is 18.6 Å². The molecular formula is C23H24ClFN4O3. The van der Waals surface area contributed by atoms with E-state index in [-0.39, 0.29) is 5.02 Å². The molecule has 5 rings (SSSR count). The van der Waals surface area contributed by atoms with Crippen LogP contribution in [0.25, 0.3) is 10.9 Å². The SMILES string of the molecule is COc1cc2ncnc(Nc3ccc(F)c(Cl)c3)c2cc1OCCN1CCC2(COC2)C1. The van der Waals surface area contributed by atoms with Crippen molar-refractivity contribution in [3.63, 3.8) is 0 Å². The number of nitrogens with one attached hydrogen (secondary N) is 1. The molecule has 2 aliphatic rings. The van der Waals surface area contributed by atoms with E-state index in [1.807, 2.05) is 12.1 Å². The quantitative estimate of drug-likeness (QED) is 0.566. The maximum absolute atomic E-state index is 13.5. The summed E-state index contributed by atoms with van der Waals surface area (Å²) >= 11 is 5.91. The topological polar surface area (TPSA) is 68.7 Å². The number of ether oxygens (including phenoxy) is 3. The molecule has 0 atom stereocenters. The van der Waals surface area contributed by atoms with Crippen LogP contribution in [0.4, 0.5) is 15.9 Å². The van der Waals surface area contributed by atoms with E-state index in [0.717, 1.165) is 38.2 Å². The molecular weight excluding hydrogens is 435 g/mol. The average Bonchev–Trinajstić information content (AvgIpc) is 3.21. The highest BCUT2D eigenvalue weighted by atomic mass is 35.5. The third kappa shape index (κ3) is 4.18. The van der Waals surface area contributed by atoms with E-state index in [0.29, 0.717) is 40.5 Å². The fraction of sp³-hybridized carbons (Fsp3) is 0.391. The second-order valence-corrected chi connectivity index (χ2v) is 8.77. The number of benzene rings is 2. The van der Waals surface area contributed by atoms with Crippen LogP contribution in [0.5, 0.6) is 11.5 Å². The van der Waals surface area contributed by atoms with Gasteiger partial charge >= 0.3 is 0 Å². The Balaban J connectivity index is 1.34. The summed E-state index contributed by atoms with van der Waals surface area (Å²) < 4.78 is 30.5. The summed E-state index contributed by atoms with van der Waals surface area (Å²) in [4.78, 5) is 11.1. The van der Waals surface area contributed by atoms with Crippen molar-refractivity contribution in [2.45, 2.75) is 6.42 Å². The van der Waals surface area contributed by atoms with Crippen molar-refractivity contribution in [2.75, 3.05) is 51.9 Å². The van der Waals surface area contributed by atoms with Gasteiger partial charge in [0, 0.05) is 35.6 Å². The summed E-state index contributed by atoms with van der Waals surface area (Å²) in [5, 5.41) is 3.98. The number of hydrogen-bond acceptors (Lipinski definition) is 7. The third-order valence-corrected chi connectivity index (χ3v) is 6.39. The third-order valence-electron chi connectivity index (χ3n) is 6.10. The van der Waals surface area contributed by atoms with Crippen LogP contribution in [0.2, 0.25) is 5.02 Å². The second kappa shape index (κ2) is 8.69. The molecule has 7 nitrogen and oxygen atoms in total. The van der Waals surface area contributed by atoms with Crippen LogP contribution in [0.1, 0.15) is 6.42 Å². The van der Waals surface area contributed by atoms with E-state index in [1.54, 1.807) is 13.2 Å². The Morgan fingerprint density at radius 3 is 2.81 bits per heavy atom. The first-order valence-corrected chi connectivity index (χ1v) is 10.9. The van der Waals surface area contributed by atoms with E-state index in [2.05, 4.69) is 20.2 Å². The van der Waals surface area contributed by atoms with E-state index in [4.69, 9.17) is 25.8 Å². The van der Waals surface area contributed by atoms with Crippen LogP contribution < -0.4 is 14.8 Å². The predicted molar refractivity (Wildman–Crippen MR) is 121 cm³/mol. The molecule has 0 unspecified atom stereocenters. The van der Waals surface area contributed by atoms with Gasteiger partial charge in [-0.3, -0.25) is 4.90 Å². The zero-order chi connectivity index (χ0) is 22.1. The first kappa shape index (κ1) is 21.2. The molecule has 1 N–H and O–H groups in total. The smallest absolute Gasteiger partial charge is 0.162 e. The molecule has 2 aromatic carbocycles. The van der Waals surface area contributed by atoms with Crippen LogP contribution in [0.15, 0.2) is 36.7 Å². The molecule has 2 fully saturated rings. The highest BCUT2D eigenvalue weighted by molar-refractivity contribution is 6.31. The molecule has 2 aliphatic heterocycles. The number of nitrogens with zero attached hydrogens (tertiary/aromatic N) is 3. The second-order valence-electron chi connectivity index (χ2n) is 8.36. The lowest BCUT2D eigenvalue weighted by Crippen LogP contribution is -2.44. The summed E-state index contributed by atoms with van der Waals surface area (Å²) in [5.41, 5.74) is 1.69. The largest absolute Gasteiger partial charge is 0.493 e. The monoisotopic (exact) mass is 458 g/mol. The Labute approximate surface area is 190 Å². The van der Waals surface area contributed by atoms with Gasteiger partial charge in [0.15, 0.2) is 11.5 Å². The molecule has 9 heteroatoms. The predicted octanol–water partition coefficient (Wildman–Crippen LogP) is 4.28. The first-order valence-electron chi connectivity index (χ1n) is 10.5. The number of anilines is 2. The van der Waals surface area contributed by atoms with Gasteiger partial charge in [-0.25, -0.2) is 14.4 Å². The van der Waals surface area contributed by atoms with Gasteiger partial charge in [0.25, 0.3) is 0 Å². The normalized spacial score (nSPS) is 17.5. The van der Waals surface area contributed by atoms with Gasteiger partial charge in [0.2, 0.25) is 0 Å². The fourth-order valence-corrected chi connectivity index (χ4v) is 4.46. The molecule has 0 saturated carbocycles. The van der Waals surface area contributed by atoms with Crippen molar-refractivity contribution in [1.82, 2.24) is 14.9 Å². The molecule has 3 aromatic rings. The number of rotatable bonds is 7. The molecule has 0 radical (unpaired) electrons. The zero-order valence-corrected chi connectivity index (χ0v) is 18.5. The maximum Gasteiger partial charge on any atom is 0.162 e. The summed E-state index contributed by atoms with van der Waals surface area (Å²) in [6.07, 6.45) is 2.65. The van der Waals surface area contributed by atoms with Crippen LogP contribution in [-0.2, 0) is 4.74 Å². The van der Waals surface area contributed by atoms with Gasteiger partial charge in [0.05, 0.1) is 30.9 Å². The number of fused-ring (bicyclic) bond motifs is 1. The van der Waals surface area contributed by atoms with Crippen LogP contribution in [0.3, 0.4) is 0 Å². The highest BCUT2D eigenvalue weighted by Crippen LogP contribution is 2.38. The van der Waals surface area contributed by atoms with Crippen molar-refractivity contribution in [2.24, 2.45) is 5.41 Å². The molecule has 3 heterocycles. The van der Waals surface area contributed by atoms with Crippen molar-refractivity contribution in [3.8, 4) is 11.5 Å². The molecule has 0 bridgehead atoms. The first-order chi connectivity index (χ1) is 15.5. The van der Waals surface area contributed by atoms with Gasteiger partial charge in [-0.1, -0.05) is 11.6 Å². The minimum Gasteiger partial charge on any atom is -0.493 e. The summed E-state index contributed by atoms with van der Waals surface area (Å²) in [6, 6.07) is 8.12. The number of aromatic nitrogens is 2. The molecule has 1 spiro atoms. The Morgan fingerprint density at radius 2 is 2.09 bits per heavy atom. The highest BCUT2D eigenvalue weighted by Gasteiger charge is 2.44. The molecule has 2 saturated heterocycles. The fourth-order valence-electron chi connectivity index (χ4n) is 4.28. The Hall–Kier alpha value is -2.68. The molecule has 0 aliphatic carbocycles. The lowest BCUT2D eigenvalue weighted by molar-refractivity contribution is -0.105. The number of halogens is 2. The molecule has 168 valence electrons. The van der Waals surface area contributed by atoms with Crippen LogP contribution >= 0.6 is 11.6 Å². The lowest BCUT2D eigenvalue weighted by Gasteiger charge is -2.37. The molecule has 0 amide bonds. The minimum atomic E-state index is -0.473.